The van der Waals surface area contributed by atoms with Gasteiger partial charge in [0.05, 0.1) is 32.0 Å². The van der Waals surface area contributed by atoms with Crippen LogP contribution in [0.2, 0.25) is 0 Å². The van der Waals surface area contributed by atoms with Gasteiger partial charge in [-0.3, -0.25) is 9.69 Å². The van der Waals surface area contributed by atoms with Gasteiger partial charge in [-0.25, -0.2) is 0 Å². The number of aliphatic carboxylic acids is 1. The molecule has 6 nitrogen and oxygen atoms in total. The van der Waals surface area contributed by atoms with Crippen LogP contribution in [0.4, 0.5) is 0 Å². The smallest absolute Gasteiger partial charge is 0.303 e. The van der Waals surface area contributed by atoms with Crippen molar-refractivity contribution in [3.8, 4) is 11.1 Å². The number of carboxylic acid groups (broad SMARTS) is 1. The van der Waals surface area contributed by atoms with E-state index >= 15 is 0 Å². The molecule has 4 rings (SSSR count). The SMILES string of the molecule is O=C(O)CCC=CCO[C@H]1[C@H](OCc2ccc(-c3ccccc3CO)cc2)CC[C@@H]1N1CCCCCC1. The monoisotopic (exact) mass is 507 g/mol. The molecule has 0 bridgehead atoms. The molecule has 0 spiro atoms. The third kappa shape index (κ3) is 7.99. The average molecular weight is 508 g/mol. The fraction of sp³-hybridized carbons (Fsp3) is 0.516. The lowest BCUT2D eigenvalue weighted by Crippen LogP contribution is -2.45. The maximum absolute atomic E-state index is 10.7. The van der Waals surface area contributed by atoms with E-state index in [4.69, 9.17) is 14.6 Å². The molecule has 1 aliphatic carbocycles. The number of carboxylic acids is 1. The van der Waals surface area contributed by atoms with Crippen LogP contribution in [0.5, 0.6) is 0 Å². The second-order valence-corrected chi connectivity index (χ2v) is 10.2. The number of allylic oxidation sites excluding steroid dienone is 1. The Kier molecular flexibility index (Phi) is 10.7. The topological polar surface area (TPSA) is 79.2 Å². The Balaban J connectivity index is 1.37. The Bertz CT molecular complexity index is 997. The van der Waals surface area contributed by atoms with Crippen molar-refractivity contribution in [2.45, 2.75) is 82.8 Å². The molecule has 0 aromatic heterocycles. The van der Waals surface area contributed by atoms with E-state index in [9.17, 15) is 9.90 Å². The van der Waals surface area contributed by atoms with E-state index < -0.39 is 5.97 Å². The van der Waals surface area contributed by atoms with Crippen LogP contribution in [-0.2, 0) is 27.5 Å². The van der Waals surface area contributed by atoms with E-state index in [-0.39, 0.29) is 25.2 Å². The Morgan fingerprint density at radius 3 is 2.43 bits per heavy atom. The number of aliphatic hydroxyl groups is 1. The summed E-state index contributed by atoms with van der Waals surface area (Å²) < 4.78 is 12.9. The second kappa shape index (κ2) is 14.4. The van der Waals surface area contributed by atoms with Crippen LogP contribution in [0.1, 0.15) is 62.5 Å². The molecule has 3 atom stereocenters. The minimum atomic E-state index is -0.776. The first kappa shape index (κ1) is 27.5. The summed E-state index contributed by atoms with van der Waals surface area (Å²) in [4.78, 5) is 13.4. The maximum atomic E-state index is 10.7. The standard InChI is InChI=1S/C31H41NO5/c33-22-26-10-5-6-11-27(26)25-15-13-24(14-16-25)23-37-29-18-17-28(32-19-7-1-2-8-20-32)31(29)36-21-9-3-4-12-30(34)35/h3,5-6,9-11,13-16,28-29,31,33H,1-2,4,7-8,12,17-23H2,(H,34,35)/t28-,29+,31+/m0/s1. The molecule has 2 N–H and O–H groups in total. The van der Waals surface area contributed by atoms with Gasteiger partial charge in [0.2, 0.25) is 0 Å². The molecule has 0 unspecified atom stereocenters. The Labute approximate surface area is 220 Å². The van der Waals surface area contributed by atoms with E-state index in [0.717, 1.165) is 48.2 Å². The molecule has 1 aliphatic heterocycles. The largest absolute Gasteiger partial charge is 0.481 e. The van der Waals surface area contributed by atoms with E-state index in [1.807, 2.05) is 36.4 Å². The predicted molar refractivity (Wildman–Crippen MR) is 145 cm³/mol. The molecule has 1 saturated heterocycles. The van der Waals surface area contributed by atoms with Crippen LogP contribution in [0.15, 0.2) is 60.7 Å². The number of hydrogen-bond donors (Lipinski definition) is 2. The van der Waals surface area contributed by atoms with Crippen molar-refractivity contribution in [3.63, 3.8) is 0 Å². The number of hydrogen-bond acceptors (Lipinski definition) is 5. The number of aliphatic hydroxyl groups excluding tert-OH is 1. The molecule has 2 fully saturated rings. The van der Waals surface area contributed by atoms with Crippen LogP contribution in [0.25, 0.3) is 11.1 Å². The van der Waals surface area contributed by atoms with Gasteiger partial charge in [0, 0.05) is 12.5 Å². The number of ether oxygens (including phenoxy) is 2. The molecule has 37 heavy (non-hydrogen) atoms. The summed E-state index contributed by atoms with van der Waals surface area (Å²) in [6.07, 6.45) is 11.7. The van der Waals surface area contributed by atoms with Crippen molar-refractivity contribution < 1.29 is 24.5 Å². The lowest BCUT2D eigenvalue weighted by Gasteiger charge is -2.33. The average Bonchev–Trinajstić information content (AvgIpc) is 3.12. The minimum absolute atomic E-state index is 0.0120. The molecule has 6 heteroatoms. The maximum Gasteiger partial charge on any atom is 0.303 e. The lowest BCUT2D eigenvalue weighted by molar-refractivity contribution is -0.136. The second-order valence-electron chi connectivity index (χ2n) is 10.2. The Morgan fingerprint density at radius 2 is 1.70 bits per heavy atom. The number of likely N-dealkylation sites (tertiary alicyclic amines) is 1. The van der Waals surface area contributed by atoms with E-state index in [1.165, 1.54) is 25.7 Å². The fourth-order valence-corrected chi connectivity index (χ4v) is 5.61. The van der Waals surface area contributed by atoms with Gasteiger partial charge in [-0.2, -0.15) is 0 Å². The fourth-order valence-electron chi connectivity index (χ4n) is 5.61. The number of nitrogens with zero attached hydrogens (tertiary/aromatic N) is 1. The van der Waals surface area contributed by atoms with Crippen molar-refractivity contribution in [2.75, 3.05) is 19.7 Å². The van der Waals surface area contributed by atoms with Gasteiger partial charge in [0.15, 0.2) is 0 Å². The van der Waals surface area contributed by atoms with E-state index in [1.54, 1.807) is 0 Å². The van der Waals surface area contributed by atoms with E-state index in [2.05, 4.69) is 29.2 Å². The summed E-state index contributed by atoms with van der Waals surface area (Å²) in [5.74, 6) is -0.776. The van der Waals surface area contributed by atoms with Crippen LogP contribution < -0.4 is 0 Å². The van der Waals surface area contributed by atoms with Crippen LogP contribution in [0.3, 0.4) is 0 Å². The van der Waals surface area contributed by atoms with Gasteiger partial charge in [-0.05, 0) is 67.4 Å². The number of benzene rings is 2. The normalized spacial score (nSPS) is 22.9. The highest BCUT2D eigenvalue weighted by atomic mass is 16.5. The minimum Gasteiger partial charge on any atom is -0.481 e. The molecule has 1 saturated carbocycles. The predicted octanol–water partition coefficient (Wildman–Crippen LogP) is 5.58. The van der Waals surface area contributed by atoms with Gasteiger partial charge in [-0.1, -0.05) is 73.5 Å². The van der Waals surface area contributed by atoms with Crippen molar-refractivity contribution in [1.82, 2.24) is 4.90 Å². The summed E-state index contributed by atoms with van der Waals surface area (Å²) in [7, 11) is 0. The summed E-state index contributed by atoms with van der Waals surface area (Å²) in [5, 5.41) is 18.5. The highest BCUT2D eigenvalue weighted by Gasteiger charge is 2.40. The first-order chi connectivity index (χ1) is 18.2. The summed E-state index contributed by atoms with van der Waals surface area (Å²) in [6.45, 7) is 3.29. The first-order valence-corrected chi connectivity index (χ1v) is 13.8. The third-order valence-electron chi connectivity index (χ3n) is 7.60. The highest BCUT2D eigenvalue weighted by molar-refractivity contribution is 5.67. The van der Waals surface area contributed by atoms with Gasteiger partial charge in [0.1, 0.15) is 0 Å². The summed E-state index contributed by atoms with van der Waals surface area (Å²) in [6, 6.07) is 16.7. The van der Waals surface area contributed by atoms with Crippen LogP contribution >= 0.6 is 0 Å². The van der Waals surface area contributed by atoms with Crippen LogP contribution in [-0.4, -0.2) is 59.0 Å². The first-order valence-electron chi connectivity index (χ1n) is 13.8. The van der Waals surface area contributed by atoms with Crippen molar-refractivity contribution >= 4 is 5.97 Å². The van der Waals surface area contributed by atoms with Gasteiger partial charge < -0.3 is 19.7 Å². The molecular formula is C31H41NO5. The van der Waals surface area contributed by atoms with Crippen LogP contribution in [0, 0.1) is 0 Å². The van der Waals surface area contributed by atoms with Crippen molar-refractivity contribution in [2.24, 2.45) is 0 Å². The molecule has 2 aliphatic rings. The zero-order valence-corrected chi connectivity index (χ0v) is 21.8. The molecular weight excluding hydrogens is 466 g/mol. The third-order valence-corrected chi connectivity index (χ3v) is 7.60. The number of carbonyl (C=O) groups is 1. The van der Waals surface area contributed by atoms with Gasteiger partial charge in [0.25, 0.3) is 0 Å². The summed E-state index contributed by atoms with van der Waals surface area (Å²) >= 11 is 0. The Morgan fingerprint density at radius 1 is 0.946 bits per heavy atom. The van der Waals surface area contributed by atoms with Crippen molar-refractivity contribution in [3.05, 3.63) is 71.8 Å². The zero-order valence-electron chi connectivity index (χ0n) is 21.8. The lowest BCUT2D eigenvalue weighted by atomic mass is 9.99. The molecule has 200 valence electrons. The zero-order chi connectivity index (χ0) is 25.9. The quantitative estimate of drug-likeness (QED) is 0.366. The number of rotatable bonds is 12. The van der Waals surface area contributed by atoms with E-state index in [0.29, 0.717) is 25.7 Å². The van der Waals surface area contributed by atoms with Gasteiger partial charge >= 0.3 is 5.97 Å². The van der Waals surface area contributed by atoms with Crippen molar-refractivity contribution in [1.29, 1.82) is 0 Å². The molecule has 0 radical (unpaired) electrons. The molecule has 2 aromatic carbocycles. The molecule has 2 aromatic rings. The molecule has 0 amide bonds. The summed E-state index contributed by atoms with van der Waals surface area (Å²) in [5.41, 5.74) is 4.19. The molecule has 1 heterocycles. The Hall–Kier alpha value is -2.51. The highest BCUT2D eigenvalue weighted by Crippen LogP contribution is 2.32. The van der Waals surface area contributed by atoms with Gasteiger partial charge in [-0.15, -0.1) is 0 Å².